The van der Waals surface area contributed by atoms with Crippen molar-refractivity contribution < 1.29 is 9.15 Å². The average molecular weight is 712 g/mol. The Morgan fingerprint density at radius 2 is 1.17 bits per heavy atom. The van der Waals surface area contributed by atoms with Crippen LogP contribution in [-0.4, -0.2) is 0 Å². The molecule has 1 aliphatic heterocycles. The number of halogens is 1. The van der Waals surface area contributed by atoms with E-state index in [0.717, 1.165) is 83.7 Å². The molecule has 9 aromatic carbocycles. The zero-order chi connectivity index (χ0) is 35.8. The molecule has 0 saturated carbocycles. The number of hydrogen-bond donors (Lipinski definition) is 0. The van der Waals surface area contributed by atoms with Crippen LogP contribution in [0.1, 0.15) is 0 Å². The van der Waals surface area contributed by atoms with Crippen LogP contribution in [0.3, 0.4) is 0 Å². The first kappa shape index (κ1) is 30.8. The molecule has 0 fully saturated rings. The van der Waals surface area contributed by atoms with Crippen LogP contribution in [0.4, 0.5) is 17.1 Å². The monoisotopic (exact) mass is 711 g/mol. The van der Waals surface area contributed by atoms with Gasteiger partial charge in [-0.15, -0.1) is 0 Å². The molecule has 1 aliphatic rings. The maximum absolute atomic E-state index is 6.62. The number of hydrogen-bond acceptors (Lipinski definition) is 3. The second-order valence-electron chi connectivity index (χ2n) is 13.8. The fourth-order valence-electron chi connectivity index (χ4n) is 8.22. The van der Waals surface area contributed by atoms with Gasteiger partial charge in [0.15, 0.2) is 5.58 Å². The van der Waals surface area contributed by atoms with E-state index in [1.54, 1.807) is 0 Å². The Bertz CT molecular complexity index is 3090. The van der Waals surface area contributed by atoms with Crippen LogP contribution in [0.5, 0.6) is 11.5 Å². The van der Waals surface area contributed by atoms with Gasteiger partial charge in [0.25, 0.3) is 0 Å². The van der Waals surface area contributed by atoms with Crippen molar-refractivity contribution in [3.05, 3.63) is 187 Å². The van der Waals surface area contributed by atoms with Gasteiger partial charge < -0.3 is 14.1 Å². The lowest BCUT2D eigenvalue weighted by Gasteiger charge is -2.28. The molecule has 0 saturated heterocycles. The molecule has 1 aromatic heterocycles. The number of rotatable bonds is 5. The third-order valence-electron chi connectivity index (χ3n) is 10.7. The largest absolute Gasteiger partial charge is 0.456 e. The van der Waals surface area contributed by atoms with E-state index in [9.17, 15) is 0 Å². The first-order valence-corrected chi connectivity index (χ1v) is 18.5. The molecular formula is C50H30ClNO2. The van der Waals surface area contributed by atoms with Crippen LogP contribution >= 0.6 is 11.6 Å². The molecule has 0 N–H and O–H groups in total. The van der Waals surface area contributed by atoms with Gasteiger partial charge in [-0.2, -0.15) is 0 Å². The molecular weight excluding hydrogens is 682 g/mol. The molecule has 10 aromatic rings. The number of fused-ring (bicyclic) bond motifs is 7. The first-order valence-electron chi connectivity index (χ1n) is 18.1. The quantitative estimate of drug-likeness (QED) is 0.166. The second kappa shape index (κ2) is 12.1. The lowest BCUT2D eigenvalue weighted by Crippen LogP contribution is -2.11. The minimum atomic E-state index is 0.663. The van der Waals surface area contributed by atoms with Crippen LogP contribution in [0, 0.1) is 0 Å². The Hall–Kier alpha value is -6.81. The Labute approximate surface area is 316 Å². The Morgan fingerprint density at radius 1 is 0.426 bits per heavy atom. The van der Waals surface area contributed by atoms with Crippen LogP contribution in [-0.2, 0) is 0 Å². The average Bonchev–Trinajstić information content (AvgIpc) is 3.61. The van der Waals surface area contributed by atoms with E-state index in [2.05, 4.69) is 157 Å². The molecule has 11 rings (SSSR count). The van der Waals surface area contributed by atoms with E-state index in [1.165, 1.54) is 21.7 Å². The number of anilines is 3. The zero-order valence-corrected chi connectivity index (χ0v) is 29.7. The van der Waals surface area contributed by atoms with Gasteiger partial charge in [0.05, 0.1) is 11.4 Å². The van der Waals surface area contributed by atoms with Crippen molar-refractivity contribution in [2.45, 2.75) is 0 Å². The fraction of sp³-hybridized carbons (Fsp3) is 0. The third-order valence-corrected chi connectivity index (χ3v) is 10.9. The van der Waals surface area contributed by atoms with Gasteiger partial charge in [0.1, 0.15) is 17.1 Å². The van der Waals surface area contributed by atoms with E-state index < -0.39 is 0 Å². The van der Waals surface area contributed by atoms with Crippen molar-refractivity contribution in [1.29, 1.82) is 0 Å². The fourth-order valence-corrected chi connectivity index (χ4v) is 8.39. The third kappa shape index (κ3) is 4.83. The van der Waals surface area contributed by atoms with Crippen LogP contribution in [0.15, 0.2) is 186 Å². The highest BCUT2D eigenvalue weighted by atomic mass is 35.5. The predicted octanol–water partition coefficient (Wildman–Crippen LogP) is 15.1. The van der Waals surface area contributed by atoms with Gasteiger partial charge in [-0.1, -0.05) is 127 Å². The highest BCUT2D eigenvalue weighted by Crippen LogP contribution is 2.50. The number of ether oxygens (including phenoxy) is 1. The van der Waals surface area contributed by atoms with Crippen molar-refractivity contribution in [1.82, 2.24) is 0 Å². The topological polar surface area (TPSA) is 25.6 Å². The Kier molecular flexibility index (Phi) is 6.91. The van der Waals surface area contributed by atoms with E-state index in [4.69, 9.17) is 20.8 Å². The smallest absolute Gasteiger partial charge is 0.159 e. The lowest BCUT2D eigenvalue weighted by molar-refractivity contribution is 0.487. The maximum Gasteiger partial charge on any atom is 0.159 e. The molecule has 54 heavy (non-hydrogen) atoms. The highest BCUT2D eigenvalue weighted by molar-refractivity contribution is 6.31. The standard InChI is InChI=1S/C50H30ClNO2/c51-35-24-27-39-43-29-34-21-20-33(28-42(34)40-14-9-19-47(49(40)43)53-48(39)30-35)31-22-25-36(26-23-31)52(44-16-6-4-12-37(44)32-10-2-1-3-11-32)45-17-8-15-41-38-13-5-7-18-46(38)54-50(41)45/h1-30H. The summed E-state index contributed by atoms with van der Waals surface area (Å²) in [5.41, 5.74) is 11.6. The molecule has 0 atom stereocenters. The molecule has 0 bridgehead atoms. The summed E-state index contributed by atoms with van der Waals surface area (Å²) in [7, 11) is 0. The Morgan fingerprint density at radius 3 is 2.07 bits per heavy atom. The van der Waals surface area contributed by atoms with Gasteiger partial charge in [0.2, 0.25) is 0 Å². The Balaban J connectivity index is 1.06. The highest BCUT2D eigenvalue weighted by Gasteiger charge is 2.24. The van der Waals surface area contributed by atoms with Gasteiger partial charge in [-0.05, 0) is 99.1 Å². The summed E-state index contributed by atoms with van der Waals surface area (Å²) < 4.78 is 13.0. The number of furan rings is 1. The molecule has 4 heteroatoms. The molecule has 0 radical (unpaired) electrons. The van der Waals surface area contributed by atoms with Crippen molar-refractivity contribution in [2.24, 2.45) is 0 Å². The number of nitrogens with zero attached hydrogens (tertiary/aromatic N) is 1. The van der Waals surface area contributed by atoms with Crippen molar-refractivity contribution in [2.75, 3.05) is 4.90 Å². The molecule has 254 valence electrons. The first-order chi connectivity index (χ1) is 26.7. The summed E-state index contributed by atoms with van der Waals surface area (Å²) in [4.78, 5) is 2.33. The zero-order valence-electron chi connectivity index (χ0n) is 29.0. The van der Waals surface area contributed by atoms with Crippen LogP contribution in [0.2, 0.25) is 5.02 Å². The van der Waals surface area contributed by atoms with E-state index in [1.807, 2.05) is 30.3 Å². The number of para-hydroxylation sites is 3. The summed E-state index contributed by atoms with van der Waals surface area (Å²) >= 11 is 6.35. The summed E-state index contributed by atoms with van der Waals surface area (Å²) in [6, 6.07) is 64.0. The summed E-state index contributed by atoms with van der Waals surface area (Å²) in [6.07, 6.45) is 0. The molecule has 0 amide bonds. The molecule has 0 unspecified atom stereocenters. The normalized spacial score (nSPS) is 11.9. The SMILES string of the molecule is Clc1ccc2c(c1)Oc1cccc3c1c-2cc1ccc(-c2ccc(N(c4ccccc4-c4ccccc4)c4cccc5c4oc4ccccc45)cc2)cc13. The van der Waals surface area contributed by atoms with Gasteiger partial charge >= 0.3 is 0 Å². The van der Waals surface area contributed by atoms with Crippen molar-refractivity contribution in [3.8, 4) is 44.9 Å². The van der Waals surface area contributed by atoms with Crippen molar-refractivity contribution >= 4 is 72.1 Å². The van der Waals surface area contributed by atoms with Crippen LogP contribution in [0.25, 0.3) is 76.9 Å². The lowest BCUT2D eigenvalue weighted by atomic mass is 9.89. The molecule has 2 heterocycles. The molecule has 3 nitrogen and oxygen atoms in total. The van der Waals surface area contributed by atoms with Crippen LogP contribution < -0.4 is 9.64 Å². The number of benzene rings is 9. The summed E-state index contributed by atoms with van der Waals surface area (Å²) in [6.45, 7) is 0. The van der Waals surface area contributed by atoms with E-state index in [0.29, 0.717) is 5.02 Å². The molecule has 0 spiro atoms. The molecule has 0 aliphatic carbocycles. The van der Waals surface area contributed by atoms with E-state index >= 15 is 0 Å². The second-order valence-corrected chi connectivity index (χ2v) is 14.2. The maximum atomic E-state index is 6.62. The minimum Gasteiger partial charge on any atom is -0.456 e. The van der Waals surface area contributed by atoms with Gasteiger partial charge in [-0.25, -0.2) is 0 Å². The van der Waals surface area contributed by atoms with Gasteiger partial charge in [0, 0.05) is 44.1 Å². The minimum absolute atomic E-state index is 0.663. The van der Waals surface area contributed by atoms with Gasteiger partial charge in [-0.3, -0.25) is 0 Å². The van der Waals surface area contributed by atoms with Crippen molar-refractivity contribution in [3.63, 3.8) is 0 Å². The van der Waals surface area contributed by atoms with E-state index in [-0.39, 0.29) is 0 Å². The predicted molar refractivity (Wildman–Crippen MR) is 225 cm³/mol. The summed E-state index contributed by atoms with van der Waals surface area (Å²) in [5.74, 6) is 1.64. The summed E-state index contributed by atoms with van der Waals surface area (Å²) in [5, 5.41) is 7.52.